The quantitative estimate of drug-likeness (QED) is 0.141. The fourth-order valence-corrected chi connectivity index (χ4v) is 11.6. The van der Waals surface area contributed by atoms with Gasteiger partial charge in [-0.05, 0) is 90.6 Å². The molecule has 3 aromatic heterocycles. The van der Waals surface area contributed by atoms with Crippen LogP contribution in [0.15, 0.2) is 194 Å². The van der Waals surface area contributed by atoms with Gasteiger partial charge in [0.05, 0.1) is 27.9 Å². The summed E-state index contributed by atoms with van der Waals surface area (Å²) in [5.74, 6) is 0. The van der Waals surface area contributed by atoms with Crippen molar-refractivity contribution >= 4 is 83.9 Å². The summed E-state index contributed by atoms with van der Waals surface area (Å²) in [5.41, 5.74) is 19.0. The number of benzene rings is 8. The summed E-state index contributed by atoms with van der Waals surface area (Å²) in [6.07, 6.45) is 20.3. The highest BCUT2D eigenvalue weighted by atomic mass is 15.2. The van der Waals surface area contributed by atoms with Crippen LogP contribution in [0.2, 0.25) is 0 Å². The number of hydrogen-bond acceptors (Lipinski definition) is 1. The van der Waals surface area contributed by atoms with E-state index in [1.54, 1.807) is 0 Å². The number of aromatic nitrogens is 3. The van der Waals surface area contributed by atoms with E-state index in [0.29, 0.717) is 0 Å². The molecular weight excluding hydrogens is 825 g/mol. The number of unbranched alkanes of at least 4 members (excludes halogenated alkanes) is 1. The van der Waals surface area contributed by atoms with Crippen molar-refractivity contribution in [1.82, 2.24) is 13.7 Å². The summed E-state index contributed by atoms with van der Waals surface area (Å²) in [5, 5.41) is 8.75. The zero-order valence-electron chi connectivity index (χ0n) is 38.7. The fourth-order valence-electron chi connectivity index (χ4n) is 11.6. The van der Waals surface area contributed by atoms with Gasteiger partial charge in [0.1, 0.15) is 0 Å². The Balaban J connectivity index is 1.03. The number of fused-ring (bicyclic) bond motifs is 9. The lowest BCUT2D eigenvalue weighted by atomic mass is 9.99. The number of nitrogens with zero attached hydrogens (tertiary/aromatic N) is 4. The molecule has 0 atom stereocenters. The molecule has 4 heterocycles. The lowest BCUT2D eigenvalue weighted by Crippen LogP contribution is -2.12. The molecule has 8 aromatic carbocycles. The maximum Gasteiger partial charge on any atom is 0.0788 e. The summed E-state index contributed by atoms with van der Waals surface area (Å²) in [6, 6.07) is 63.0. The second-order valence-electron chi connectivity index (χ2n) is 18.5. The van der Waals surface area contributed by atoms with Gasteiger partial charge in [-0.3, -0.25) is 0 Å². The third-order valence-electron chi connectivity index (χ3n) is 14.6. The lowest BCUT2D eigenvalue weighted by Gasteiger charge is -2.24. The molecular formula is C64H52N4. The van der Waals surface area contributed by atoms with Gasteiger partial charge in [0.15, 0.2) is 0 Å². The van der Waals surface area contributed by atoms with Crippen LogP contribution in [-0.4, -0.2) is 13.7 Å². The maximum absolute atomic E-state index is 2.61. The van der Waals surface area contributed by atoms with E-state index in [0.717, 1.165) is 44.2 Å². The molecule has 4 nitrogen and oxygen atoms in total. The summed E-state index contributed by atoms with van der Waals surface area (Å²) in [6.45, 7) is 4.58. The molecule has 2 aliphatic rings. The van der Waals surface area contributed by atoms with Gasteiger partial charge in [0.25, 0.3) is 0 Å². The van der Waals surface area contributed by atoms with Gasteiger partial charge in [-0.25, -0.2) is 0 Å². The number of para-hydroxylation sites is 2. The first-order valence-corrected chi connectivity index (χ1v) is 24.5. The Kier molecular flexibility index (Phi) is 9.68. The van der Waals surface area contributed by atoms with Crippen LogP contribution >= 0.6 is 0 Å². The Morgan fingerprint density at radius 2 is 1.24 bits per heavy atom. The summed E-state index contributed by atoms with van der Waals surface area (Å²) in [7, 11) is 0. The Labute approximate surface area is 397 Å². The second-order valence-corrected chi connectivity index (χ2v) is 18.5. The molecule has 11 aromatic rings. The van der Waals surface area contributed by atoms with E-state index in [9.17, 15) is 0 Å². The van der Waals surface area contributed by atoms with Gasteiger partial charge >= 0.3 is 0 Å². The predicted molar refractivity (Wildman–Crippen MR) is 289 cm³/mol. The third kappa shape index (κ3) is 6.28. The van der Waals surface area contributed by atoms with Gasteiger partial charge in [-0.1, -0.05) is 172 Å². The van der Waals surface area contributed by atoms with Gasteiger partial charge in [0, 0.05) is 90.4 Å². The third-order valence-corrected chi connectivity index (χ3v) is 14.6. The number of anilines is 2. The van der Waals surface area contributed by atoms with E-state index >= 15 is 0 Å². The SMILES string of the molecule is CCC/C=C\c1cn(-c2cccc3ccccc23)c2c1ccc1c3ccccc3n(-c3cccc(-n4c5c(c(/C=C6\Cc7ccccc7N6c6cccc7ccccc67)c4CC)C=CCC5)c3)c12. The molecule has 13 rings (SSSR count). The zero-order chi connectivity index (χ0) is 45.3. The number of allylic oxidation sites excluding steroid dienone is 3. The van der Waals surface area contributed by atoms with E-state index in [1.807, 2.05) is 0 Å². The lowest BCUT2D eigenvalue weighted by molar-refractivity contribution is 0.833. The molecule has 0 amide bonds. The summed E-state index contributed by atoms with van der Waals surface area (Å²) in [4.78, 5) is 2.52. The summed E-state index contributed by atoms with van der Waals surface area (Å²) < 4.78 is 7.62. The Morgan fingerprint density at radius 3 is 2.04 bits per heavy atom. The second kappa shape index (κ2) is 16.4. The Hall–Kier alpha value is -8.08. The molecule has 0 N–H and O–H groups in total. The van der Waals surface area contributed by atoms with Crippen molar-refractivity contribution in [3.05, 3.63) is 228 Å². The van der Waals surface area contributed by atoms with Crippen molar-refractivity contribution in [2.75, 3.05) is 4.90 Å². The predicted octanol–water partition coefficient (Wildman–Crippen LogP) is 16.9. The first-order valence-electron chi connectivity index (χ1n) is 24.5. The molecule has 4 heteroatoms. The van der Waals surface area contributed by atoms with E-state index in [2.05, 4.69) is 239 Å². The maximum atomic E-state index is 2.61. The van der Waals surface area contributed by atoms with Gasteiger partial charge in [0.2, 0.25) is 0 Å². The molecule has 328 valence electrons. The molecule has 0 fully saturated rings. The van der Waals surface area contributed by atoms with Gasteiger partial charge in [-0.15, -0.1) is 0 Å². The average Bonchev–Trinajstić information content (AvgIpc) is 4.14. The molecule has 68 heavy (non-hydrogen) atoms. The molecule has 0 saturated heterocycles. The van der Waals surface area contributed by atoms with Crippen LogP contribution in [0.3, 0.4) is 0 Å². The minimum Gasteiger partial charge on any atom is -0.317 e. The summed E-state index contributed by atoms with van der Waals surface area (Å²) >= 11 is 0. The zero-order valence-corrected chi connectivity index (χ0v) is 38.7. The van der Waals surface area contributed by atoms with Crippen LogP contribution < -0.4 is 4.90 Å². The number of rotatable bonds is 9. The van der Waals surface area contributed by atoms with Crippen LogP contribution in [0, 0.1) is 0 Å². The fraction of sp³-hybridized carbons (Fsp3) is 0.125. The topological polar surface area (TPSA) is 18.0 Å². The van der Waals surface area contributed by atoms with Crippen LogP contribution in [0.1, 0.15) is 66.8 Å². The highest BCUT2D eigenvalue weighted by Gasteiger charge is 2.29. The molecule has 0 radical (unpaired) electrons. The minimum atomic E-state index is 0.876. The van der Waals surface area contributed by atoms with E-state index in [1.165, 1.54) is 116 Å². The molecule has 1 aliphatic heterocycles. The monoisotopic (exact) mass is 876 g/mol. The molecule has 0 spiro atoms. The van der Waals surface area contributed by atoms with Crippen LogP contribution in [0.5, 0.6) is 0 Å². The van der Waals surface area contributed by atoms with Crippen molar-refractivity contribution in [3.63, 3.8) is 0 Å². The average molecular weight is 877 g/mol. The van der Waals surface area contributed by atoms with Crippen molar-refractivity contribution in [3.8, 4) is 17.1 Å². The molecule has 0 saturated carbocycles. The molecule has 0 unspecified atom stereocenters. The Morgan fingerprint density at radius 1 is 0.574 bits per heavy atom. The smallest absolute Gasteiger partial charge is 0.0788 e. The van der Waals surface area contributed by atoms with Crippen LogP contribution in [0.4, 0.5) is 11.4 Å². The first kappa shape index (κ1) is 40.2. The van der Waals surface area contributed by atoms with Crippen molar-refractivity contribution in [2.45, 2.75) is 52.4 Å². The largest absolute Gasteiger partial charge is 0.317 e. The number of hydrogen-bond donors (Lipinski definition) is 0. The highest BCUT2D eigenvalue weighted by molar-refractivity contribution is 6.19. The Bertz CT molecular complexity index is 3890. The highest BCUT2D eigenvalue weighted by Crippen LogP contribution is 2.46. The van der Waals surface area contributed by atoms with Crippen LogP contribution in [0.25, 0.3) is 89.5 Å². The molecule has 1 aliphatic carbocycles. The van der Waals surface area contributed by atoms with Crippen molar-refractivity contribution in [1.29, 1.82) is 0 Å². The van der Waals surface area contributed by atoms with Crippen molar-refractivity contribution in [2.24, 2.45) is 0 Å². The minimum absolute atomic E-state index is 0.876. The van der Waals surface area contributed by atoms with E-state index in [-0.39, 0.29) is 0 Å². The van der Waals surface area contributed by atoms with Gasteiger partial charge < -0.3 is 18.6 Å². The first-order chi connectivity index (χ1) is 33.7. The molecule has 0 bridgehead atoms. The van der Waals surface area contributed by atoms with E-state index in [4.69, 9.17) is 0 Å². The normalized spacial score (nSPS) is 14.2. The van der Waals surface area contributed by atoms with Gasteiger partial charge in [-0.2, -0.15) is 0 Å². The van der Waals surface area contributed by atoms with Crippen LogP contribution in [-0.2, 0) is 19.3 Å². The van der Waals surface area contributed by atoms with E-state index < -0.39 is 0 Å². The van der Waals surface area contributed by atoms with Crippen molar-refractivity contribution < 1.29 is 0 Å². The standard InChI is InChI=1S/C64H52N4/c1-3-5-6-23-46-42-65(59-35-17-24-43-20-7-10-28-50(43)59)63-52(46)37-38-55-53-30-12-16-34-62(53)68(64(55)63)48-27-19-26-47(40-48)66-57(4-2)56(54-31-13-15-33-61(54)66)41-49-39-45-22-9-14-32-58(45)67(49)60-36-18-25-44-21-8-11-29-51(44)60/h6-14,16-32,34-38,40-42H,3-5,15,33,39H2,1-2H3/b23-6-,49-41+.